The standard InChI is InChI=1S/C14H19Br2NO2S/c1-20(18,19)11-4-2-3-9(7-11)14(17)12-8-10(15)5-6-13(12)16/h5-6,8-9,11,14H,2-4,7,17H2,1H3. The van der Waals surface area contributed by atoms with Crippen molar-refractivity contribution >= 4 is 41.7 Å². The summed E-state index contributed by atoms with van der Waals surface area (Å²) >= 11 is 6.99. The van der Waals surface area contributed by atoms with Gasteiger partial charge >= 0.3 is 0 Å². The summed E-state index contributed by atoms with van der Waals surface area (Å²) in [5.74, 6) is 0.217. The summed E-state index contributed by atoms with van der Waals surface area (Å²) in [4.78, 5) is 0. The molecule has 0 amide bonds. The molecule has 0 spiro atoms. The van der Waals surface area contributed by atoms with Crippen molar-refractivity contribution in [3.63, 3.8) is 0 Å². The molecule has 0 heterocycles. The lowest BCUT2D eigenvalue weighted by molar-refractivity contribution is 0.308. The first kappa shape index (κ1) is 16.5. The number of rotatable bonds is 3. The third-order valence-corrected chi connectivity index (χ3v) is 6.95. The molecule has 0 aliphatic heterocycles. The number of nitrogens with two attached hydrogens (primary N) is 1. The van der Waals surface area contributed by atoms with E-state index in [2.05, 4.69) is 31.9 Å². The molecule has 20 heavy (non-hydrogen) atoms. The molecule has 6 heteroatoms. The van der Waals surface area contributed by atoms with E-state index in [1.807, 2.05) is 18.2 Å². The second kappa shape index (κ2) is 6.46. The largest absolute Gasteiger partial charge is 0.324 e. The van der Waals surface area contributed by atoms with Gasteiger partial charge in [-0.1, -0.05) is 38.3 Å². The summed E-state index contributed by atoms with van der Waals surface area (Å²) in [5.41, 5.74) is 7.44. The summed E-state index contributed by atoms with van der Waals surface area (Å²) in [6.07, 6.45) is 4.69. The van der Waals surface area contributed by atoms with Gasteiger partial charge in [0.2, 0.25) is 0 Å². The van der Waals surface area contributed by atoms with Gasteiger partial charge in [-0.2, -0.15) is 0 Å². The van der Waals surface area contributed by atoms with Gasteiger partial charge in [-0.25, -0.2) is 8.42 Å². The molecule has 3 unspecified atom stereocenters. The number of halogens is 2. The molecule has 2 N–H and O–H groups in total. The van der Waals surface area contributed by atoms with E-state index in [1.165, 1.54) is 6.26 Å². The summed E-state index contributed by atoms with van der Waals surface area (Å²) < 4.78 is 25.5. The van der Waals surface area contributed by atoms with Gasteiger partial charge in [-0.15, -0.1) is 0 Å². The Hall–Kier alpha value is 0.0900. The molecule has 1 fully saturated rings. The zero-order chi connectivity index (χ0) is 14.9. The average molecular weight is 425 g/mol. The Balaban J connectivity index is 2.20. The van der Waals surface area contributed by atoms with Gasteiger partial charge in [-0.05, 0) is 48.9 Å². The molecule has 2 rings (SSSR count). The summed E-state index contributed by atoms with van der Waals surface area (Å²) in [6, 6.07) is 5.81. The second-order valence-corrected chi connectivity index (χ2v) is 9.67. The Bertz CT molecular complexity index is 589. The zero-order valence-corrected chi connectivity index (χ0v) is 15.3. The topological polar surface area (TPSA) is 60.2 Å². The monoisotopic (exact) mass is 423 g/mol. The molecule has 112 valence electrons. The van der Waals surface area contributed by atoms with Crippen LogP contribution < -0.4 is 5.73 Å². The van der Waals surface area contributed by atoms with Crippen molar-refractivity contribution in [2.24, 2.45) is 11.7 Å². The van der Waals surface area contributed by atoms with E-state index < -0.39 is 9.84 Å². The molecule has 0 bridgehead atoms. The van der Waals surface area contributed by atoms with Crippen molar-refractivity contribution in [1.82, 2.24) is 0 Å². The minimum atomic E-state index is -2.97. The smallest absolute Gasteiger partial charge is 0.150 e. The first-order valence-corrected chi connectivity index (χ1v) is 10.2. The van der Waals surface area contributed by atoms with Crippen LogP contribution in [0.3, 0.4) is 0 Å². The van der Waals surface area contributed by atoms with Crippen LogP contribution in [0.25, 0.3) is 0 Å². The molecule has 3 nitrogen and oxygen atoms in total. The highest BCUT2D eigenvalue weighted by Crippen LogP contribution is 2.38. The number of hydrogen-bond acceptors (Lipinski definition) is 3. The van der Waals surface area contributed by atoms with Gasteiger partial charge in [0, 0.05) is 21.2 Å². The predicted octanol–water partition coefficient (Wildman–Crippen LogP) is 3.81. The van der Waals surface area contributed by atoms with E-state index in [9.17, 15) is 8.42 Å². The molecular formula is C14H19Br2NO2S. The molecule has 1 aliphatic carbocycles. The van der Waals surface area contributed by atoms with Gasteiger partial charge < -0.3 is 5.73 Å². The number of benzene rings is 1. The Morgan fingerprint density at radius 2 is 2.00 bits per heavy atom. The summed E-state index contributed by atoms with van der Waals surface area (Å²) in [7, 11) is -2.97. The molecule has 1 aromatic carbocycles. The van der Waals surface area contributed by atoms with Crippen molar-refractivity contribution in [3.05, 3.63) is 32.7 Å². The average Bonchev–Trinajstić information content (AvgIpc) is 2.40. The first-order chi connectivity index (χ1) is 9.29. The van der Waals surface area contributed by atoms with E-state index in [0.29, 0.717) is 6.42 Å². The van der Waals surface area contributed by atoms with Crippen molar-refractivity contribution in [2.45, 2.75) is 37.0 Å². The third-order valence-electron chi connectivity index (χ3n) is 4.10. The molecule has 0 radical (unpaired) electrons. The lowest BCUT2D eigenvalue weighted by atomic mass is 9.81. The zero-order valence-electron chi connectivity index (χ0n) is 11.4. The van der Waals surface area contributed by atoms with Gasteiger partial charge in [0.05, 0.1) is 5.25 Å². The highest BCUT2D eigenvalue weighted by Gasteiger charge is 2.32. The van der Waals surface area contributed by atoms with E-state index in [4.69, 9.17) is 5.73 Å². The van der Waals surface area contributed by atoms with Crippen LogP contribution in [-0.2, 0) is 9.84 Å². The maximum Gasteiger partial charge on any atom is 0.150 e. The van der Waals surface area contributed by atoms with Gasteiger partial charge in [0.1, 0.15) is 9.84 Å². The van der Waals surface area contributed by atoms with E-state index >= 15 is 0 Å². The van der Waals surface area contributed by atoms with E-state index in [1.54, 1.807) is 0 Å². The molecule has 1 aromatic rings. The molecule has 0 saturated heterocycles. The maximum absolute atomic E-state index is 11.8. The quantitative estimate of drug-likeness (QED) is 0.802. The Labute approximate surface area is 137 Å². The summed E-state index contributed by atoms with van der Waals surface area (Å²) in [6.45, 7) is 0. The minimum Gasteiger partial charge on any atom is -0.324 e. The molecule has 3 atom stereocenters. The third kappa shape index (κ3) is 3.84. The fourth-order valence-electron chi connectivity index (χ4n) is 2.92. The van der Waals surface area contributed by atoms with Gasteiger partial charge in [0.15, 0.2) is 0 Å². The lowest BCUT2D eigenvalue weighted by Gasteiger charge is -2.32. The SMILES string of the molecule is CS(=O)(=O)C1CCCC(C(N)c2cc(Br)ccc2Br)C1. The molecule has 1 saturated carbocycles. The van der Waals surface area contributed by atoms with Crippen molar-refractivity contribution in [3.8, 4) is 0 Å². The summed E-state index contributed by atoms with van der Waals surface area (Å²) in [5, 5.41) is -0.238. The van der Waals surface area contributed by atoms with Crippen LogP contribution in [0.15, 0.2) is 27.1 Å². The minimum absolute atomic E-state index is 0.133. The van der Waals surface area contributed by atoms with Crippen LogP contribution in [0.2, 0.25) is 0 Å². The molecule has 1 aliphatic rings. The normalized spacial score (nSPS) is 25.4. The van der Waals surface area contributed by atoms with Crippen molar-refractivity contribution < 1.29 is 8.42 Å². The van der Waals surface area contributed by atoms with Crippen LogP contribution in [0.1, 0.15) is 37.3 Å². The fourth-order valence-corrected chi connectivity index (χ4v) is 5.00. The van der Waals surface area contributed by atoms with Crippen LogP contribution in [0, 0.1) is 5.92 Å². The van der Waals surface area contributed by atoms with E-state index in [-0.39, 0.29) is 17.2 Å². The highest BCUT2D eigenvalue weighted by atomic mass is 79.9. The van der Waals surface area contributed by atoms with Crippen molar-refractivity contribution in [1.29, 1.82) is 0 Å². The lowest BCUT2D eigenvalue weighted by Crippen LogP contribution is -2.33. The fraction of sp³-hybridized carbons (Fsp3) is 0.571. The maximum atomic E-state index is 11.8. The second-order valence-electron chi connectivity index (χ2n) is 5.57. The van der Waals surface area contributed by atoms with E-state index in [0.717, 1.165) is 33.8 Å². The van der Waals surface area contributed by atoms with Gasteiger partial charge in [0.25, 0.3) is 0 Å². The first-order valence-electron chi connectivity index (χ1n) is 6.68. The van der Waals surface area contributed by atoms with Crippen LogP contribution >= 0.6 is 31.9 Å². The number of sulfone groups is 1. The van der Waals surface area contributed by atoms with Gasteiger partial charge in [-0.3, -0.25) is 0 Å². The van der Waals surface area contributed by atoms with Crippen molar-refractivity contribution in [2.75, 3.05) is 6.26 Å². The Morgan fingerprint density at radius 1 is 1.30 bits per heavy atom. The molecular weight excluding hydrogens is 406 g/mol. The Kier molecular flexibility index (Phi) is 5.32. The Morgan fingerprint density at radius 3 is 2.65 bits per heavy atom. The van der Waals surface area contributed by atoms with Crippen LogP contribution in [0.4, 0.5) is 0 Å². The highest BCUT2D eigenvalue weighted by molar-refractivity contribution is 9.11. The molecule has 0 aromatic heterocycles. The number of hydrogen-bond donors (Lipinski definition) is 1. The predicted molar refractivity (Wildman–Crippen MR) is 89.4 cm³/mol. The van der Waals surface area contributed by atoms with Crippen LogP contribution in [0.5, 0.6) is 0 Å². The van der Waals surface area contributed by atoms with Crippen LogP contribution in [-0.4, -0.2) is 19.9 Å².